The van der Waals surface area contributed by atoms with Crippen LogP contribution in [0.1, 0.15) is 50.1 Å². The first-order valence-corrected chi connectivity index (χ1v) is 10.8. The summed E-state index contributed by atoms with van der Waals surface area (Å²) in [6.07, 6.45) is -0.709. The molecule has 32 heavy (non-hydrogen) atoms. The molecule has 0 radical (unpaired) electrons. The van der Waals surface area contributed by atoms with Crippen molar-refractivity contribution in [2.24, 2.45) is 0 Å². The maximum atomic E-state index is 12.6. The van der Waals surface area contributed by atoms with Gasteiger partial charge in [-0.15, -0.1) is 0 Å². The van der Waals surface area contributed by atoms with E-state index in [4.69, 9.17) is 20.9 Å². The van der Waals surface area contributed by atoms with E-state index in [0.717, 1.165) is 22.4 Å². The van der Waals surface area contributed by atoms with E-state index < -0.39 is 12.1 Å². The number of carbonyl (C=O) groups is 2. The number of hydrogen-bond donors (Lipinski definition) is 1. The summed E-state index contributed by atoms with van der Waals surface area (Å²) in [7, 11) is 0. The van der Waals surface area contributed by atoms with E-state index in [2.05, 4.69) is 29.3 Å². The van der Waals surface area contributed by atoms with Gasteiger partial charge < -0.3 is 14.6 Å². The Morgan fingerprint density at radius 3 is 2.53 bits per heavy atom. The van der Waals surface area contributed by atoms with Crippen LogP contribution >= 0.6 is 11.6 Å². The van der Waals surface area contributed by atoms with E-state index in [9.17, 15) is 9.59 Å². The van der Waals surface area contributed by atoms with Gasteiger partial charge in [-0.1, -0.05) is 48.8 Å². The second-order valence-electron chi connectivity index (χ2n) is 7.83. The number of hydrogen-bond acceptors (Lipinski definition) is 6. The summed E-state index contributed by atoms with van der Waals surface area (Å²) >= 11 is 5.88. The Bertz CT molecular complexity index is 1090. The number of benzene rings is 2. The van der Waals surface area contributed by atoms with Crippen molar-refractivity contribution in [1.29, 1.82) is 0 Å². The molecule has 1 N–H and O–H groups in total. The molecule has 0 fully saturated rings. The summed E-state index contributed by atoms with van der Waals surface area (Å²) in [6.45, 7) is 7.60. The van der Waals surface area contributed by atoms with E-state index in [1.165, 1.54) is 0 Å². The van der Waals surface area contributed by atoms with Gasteiger partial charge in [0.1, 0.15) is 0 Å². The lowest BCUT2D eigenvalue weighted by Gasteiger charge is -2.19. The Kier molecular flexibility index (Phi) is 7.64. The fourth-order valence-corrected chi connectivity index (χ4v) is 3.28. The molecule has 0 bridgehead atoms. The summed E-state index contributed by atoms with van der Waals surface area (Å²) in [5, 5.41) is 7.43. The summed E-state index contributed by atoms with van der Waals surface area (Å²) in [5.41, 5.74) is 3.51. The van der Waals surface area contributed by atoms with Crippen molar-refractivity contribution in [3.63, 3.8) is 0 Å². The van der Waals surface area contributed by atoms with Crippen LogP contribution < -0.4 is 5.32 Å². The number of para-hydroxylation sites is 1. The number of ether oxygens (including phenoxy) is 1. The fraction of sp³-hybridized carbons (Fsp3) is 0.333. The molecule has 3 aromatic rings. The number of anilines is 1. The van der Waals surface area contributed by atoms with Crippen molar-refractivity contribution in [2.75, 3.05) is 5.32 Å². The number of halogens is 1. The van der Waals surface area contributed by atoms with Crippen molar-refractivity contribution < 1.29 is 18.8 Å². The van der Waals surface area contributed by atoms with Gasteiger partial charge in [-0.25, -0.2) is 0 Å². The van der Waals surface area contributed by atoms with Crippen LogP contribution in [0.2, 0.25) is 5.02 Å². The maximum absolute atomic E-state index is 12.6. The van der Waals surface area contributed by atoms with E-state index in [1.807, 2.05) is 25.1 Å². The second kappa shape index (κ2) is 10.4. The van der Waals surface area contributed by atoms with E-state index >= 15 is 0 Å². The van der Waals surface area contributed by atoms with Gasteiger partial charge in [0.15, 0.2) is 6.10 Å². The van der Waals surface area contributed by atoms with Crippen molar-refractivity contribution in [2.45, 2.75) is 52.6 Å². The van der Waals surface area contributed by atoms with Gasteiger partial charge in [-0.2, -0.15) is 4.98 Å². The maximum Gasteiger partial charge on any atom is 0.307 e. The van der Waals surface area contributed by atoms with Crippen LogP contribution in [0.25, 0.3) is 11.4 Å². The van der Waals surface area contributed by atoms with E-state index in [-0.39, 0.29) is 24.7 Å². The SMILES string of the molecule is Cc1cccc(C(C)C)c1NC(=O)C(C)OC(=O)CCc1nc(-c2ccc(Cl)cc2)no1. The zero-order chi connectivity index (χ0) is 23.3. The second-order valence-corrected chi connectivity index (χ2v) is 8.27. The number of esters is 1. The molecule has 1 atom stereocenters. The molecule has 0 aliphatic rings. The Labute approximate surface area is 192 Å². The van der Waals surface area contributed by atoms with Crippen LogP contribution in [-0.4, -0.2) is 28.1 Å². The van der Waals surface area contributed by atoms with Gasteiger partial charge in [-0.3, -0.25) is 9.59 Å². The number of nitrogens with zero attached hydrogens (tertiary/aromatic N) is 2. The molecule has 168 valence electrons. The molecule has 0 saturated heterocycles. The highest BCUT2D eigenvalue weighted by Crippen LogP contribution is 2.27. The molecular formula is C24H26ClN3O4. The minimum atomic E-state index is -0.936. The van der Waals surface area contributed by atoms with Gasteiger partial charge in [0.25, 0.3) is 5.91 Å². The molecule has 8 heteroatoms. The lowest BCUT2D eigenvalue weighted by molar-refractivity contribution is -0.153. The Hall–Kier alpha value is -3.19. The molecule has 0 saturated carbocycles. The fourth-order valence-electron chi connectivity index (χ4n) is 3.16. The van der Waals surface area contributed by atoms with Gasteiger partial charge in [0, 0.05) is 22.7 Å². The highest BCUT2D eigenvalue weighted by molar-refractivity contribution is 6.30. The predicted octanol–water partition coefficient (Wildman–Crippen LogP) is 5.32. The molecule has 2 aromatic carbocycles. The smallest absolute Gasteiger partial charge is 0.307 e. The molecule has 1 unspecified atom stereocenters. The first-order valence-electron chi connectivity index (χ1n) is 10.4. The number of aryl methyl sites for hydroxylation is 2. The Morgan fingerprint density at radius 2 is 1.84 bits per heavy atom. The van der Waals surface area contributed by atoms with Crippen LogP contribution in [0.3, 0.4) is 0 Å². The molecule has 0 spiro atoms. The largest absolute Gasteiger partial charge is 0.453 e. The third-order valence-electron chi connectivity index (χ3n) is 4.97. The number of nitrogens with one attached hydrogen (secondary N) is 1. The quantitative estimate of drug-likeness (QED) is 0.461. The third kappa shape index (κ3) is 5.95. The van der Waals surface area contributed by atoms with Gasteiger partial charge in [0.2, 0.25) is 11.7 Å². The monoisotopic (exact) mass is 455 g/mol. The molecule has 0 aliphatic carbocycles. The zero-order valence-electron chi connectivity index (χ0n) is 18.5. The minimum absolute atomic E-state index is 0.0154. The van der Waals surface area contributed by atoms with Crippen LogP contribution in [-0.2, 0) is 20.7 Å². The van der Waals surface area contributed by atoms with Crippen molar-refractivity contribution >= 4 is 29.2 Å². The molecule has 0 aliphatic heterocycles. The van der Waals surface area contributed by atoms with Crippen molar-refractivity contribution in [3.8, 4) is 11.4 Å². The Balaban J connectivity index is 1.53. The standard InChI is InChI=1S/C24H26ClN3O4/c1-14(2)19-7-5-6-15(3)22(19)27-24(30)16(4)31-21(29)13-12-20-26-23(28-32-20)17-8-10-18(25)11-9-17/h5-11,14,16H,12-13H2,1-4H3,(H,27,30). The normalized spacial score (nSPS) is 11.9. The average molecular weight is 456 g/mol. The topological polar surface area (TPSA) is 94.3 Å². The lowest BCUT2D eigenvalue weighted by atomic mass is 9.98. The molecule has 7 nitrogen and oxygen atoms in total. The van der Waals surface area contributed by atoms with E-state index in [1.54, 1.807) is 31.2 Å². The van der Waals surface area contributed by atoms with Crippen LogP contribution in [0, 0.1) is 6.92 Å². The number of carbonyl (C=O) groups excluding carboxylic acids is 2. The summed E-state index contributed by atoms with van der Waals surface area (Å²) in [6, 6.07) is 12.9. The number of aromatic nitrogens is 2. The molecule has 1 amide bonds. The highest BCUT2D eigenvalue weighted by atomic mass is 35.5. The van der Waals surface area contributed by atoms with Gasteiger partial charge in [-0.05, 0) is 55.2 Å². The molecular weight excluding hydrogens is 430 g/mol. The van der Waals surface area contributed by atoms with Crippen molar-refractivity contribution in [3.05, 3.63) is 64.5 Å². The molecule has 3 rings (SSSR count). The van der Waals surface area contributed by atoms with E-state index in [0.29, 0.717) is 16.7 Å². The summed E-state index contributed by atoms with van der Waals surface area (Å²) in [5.74, 6) is 0.0720. The van der Waals surface area contributed by atoms with Crippen molar-refractivity contribution in [1.82, 2.24) is 10.1 Å². The minimum Gasteiger partial charge on any atom is -0.453 e. The van der Waals surface area contributed by atoms with Crippen LogP contribution in [0.4, 0.5) is 5.69 Å². The lowest BCUT2D eigenvalue weighted by Crippen LogP contribution is -2.30. The first kappa shape index (κ1) is 23.5. The zero-order valence-corrected chi connectivity index (χ0v) is 19.3. The summed E-state index contributed by atoms with van der Waals surface area (Å²) < 4.78 is 10.5. The molecule has 1 heterocycles. The average Bonchev–Trinajstić information content (AvgIpc) is 3.23. The van der Waals surface area contributed by atoms with Gasteiger partial charge >= 0.3 is 5.97 Å². The highest BCUT2D eigenvalue weighted by Gasteiger charge is 2.21. The number of rotatable bonds is 8. The molecule has 1 aromatic heterocycles. The van der Waals surface area contributed by atoms with Crippen LogP contribution in [0.5, 0.6) is 0 Å². The third-order valence-corrected chi connectivity index (χ3v) is 5.22. The number of amides is 1. The summed E-state index contributed by atoms with van der Waals surface area (Å²) in [4.78, 5) is 29.1. The predicted molar refractivity (Wildman–Crippen MR) is 123 cm³/mol. The first-order chi connectivity index (χ1) is 15.2. The Morgan fingerprint density at radius 1 is 1.12 bits per heavy atom. The van der Waals surface area contributed by atoms with Gasteiger partial charge in [0.05, 0.1) is 6.42 Å². The van der Waals surface area contributed by atoms with Crippen LogP contribution in [0.15, 0.2) is 47.0 Å².